The molecule has 1 N–H and O–H groups in total. The third kappa shape index (κ3) is 3.98. The number of rotatable bonds is 4. The van der Waals surface area contributed by atoms with E-state index in [1.807, 2.05) is 42.3 Å². The quantitative estimate of drug-likeness (QED) is 0.923. The third-order valence-electron chi connectivity index (χ3n) is 5.87. The highest BCUT2D eigenvalue weighted by Crippen LogP contribution is 2.32. The van der Waals surface area contributed by atoms with Crippen LogP contribution in [0.1, 0.15) is 50.5 Å². The molecule has 0 unspecified atom stereocenters. The molecule has 0 atom stereocenters. The lowest BCUT2D eigenvalue weighted by Crippen LogP contribution is -2.48. The molecule has 4 heteroatoms. The van der Waals surface area contributed by atoms with Crippen LogP contribution in [0.4, 0.5) is 0 Å². The van der Waals surface area contributed by atoms with Crippen LogP contribution in [0.25, 0.3) is 0 Å². The van der Waals surface area contributed by atoms with Crippen molar-refractivity contribution in [3.05, 3.63) is 35.9 Å². The van der Waals surface area contributed by atoms with Crippen LogP contribution in [0, 0.1) is 0 Å². The smallest absolute Gasteiger partial charge is 0.236 e. The molecule has 2 fully saturated rings. The molecule has 0 radical (unpaired) electrons. The zero-order chi connectivity index (χ0) is 17.0. The molecule has 4 nitrogen and oxygen atoms in total. The molecule has 3 rings (SSSR count). The van der Waals surface area contributed by atoms with Gasteiger partial charge in [-0.2, -0.15) is 0 Å². The molecular weight excluding hydrogens is 300 g/mol. The fourth-order valence-corrected chi connectivity index (χ4v) is 4.09. The zero-order valence-corrected chi connectivity index (χ0v) is 14.8. The molecule has 0 bridgehead atoms. The maximum absolute atomic E-state index is 12.6. The molecule has 1 aromatic carbocycles. The maximum atomic E-state index is 12.6. The zero-order valence-electron chi connectivity index (χ0n) is 14.8. The van der Waals surface area contributed by atoms with Crippen LogP contribution in [0.15, 0.2) is 30.3 Å². The first-order valence-electron chi connectivity index (χ1n) is 9.34. The molecular formula is C20H30N2O2. The Kier molecular flexibility index (Phi) is 5.57. The van der Waals surface area contributed by atoms with E-state index in [4.69, 9.17) is 0 Å². The first kappa shape index (κ1) is 17.4. The summed E-state index contributed by atoms with van der Waals surface area (Å²) >= 11 is 0. The minimum atomic E-state index is -0.740. The Bertz CT molecular complexity index is 532. The molecule has 0 spiro atoms. The summed E-state index contributed by atoms with van der Waals surface area (Å²) in [5.74, 6) is 0.229. The predicted molar refractivity (Wildman–Crippen MR) is 95.7 cm³/mol. The average molecular weight is 330 g/mol. The number of nitrogens with zero attached hydrogens (tertiary/aromatic N) is 2. The molecule has 1 amide bonds. The van der Waals surface area contributed by atoms with Gasteiger partial charge >= 0.3 is 0 Å². The van der Waals surface area contributed by atoms with Crippen LogP contribution in [0.2, 0.25) is 0 Å². The molecule has 1 aliphatic heterocycles. The summed E-state index contributed by atoms with van der Waals surface area (Å²) < 4.78 is 0. The van der Waals surface area contributed by atoms with Crippen LogP contribution in [0.3, 0.4) is 0 Å². The first-order valence-corrected chi connectivity index (χ1v) is 9.34. The van der Waals surface area contributed by atoms with Gasteiger partial charge in [0.2, 0.25) is 5.91 Å². The van der Waals surface area contributed by atoms with E-state index in [1.165, 1.54) is 19.3 Å². The lowest BCUT2D eigenvalue weighted by molar-refractivity contribution is -0.135. The number of likely N-dealkylation sites (N-methyl/N-ethyl adjacent to an activating group) is 1. The summed E-state index contributed by atoms with van der Waals surface area (Å²) in [5, 5.41) is 10.9. The van der Waals surface area contributed by atoms with E-state index in [-0.39, 0.29) is 5.91 Å². The molecule has 1 aromatic rings. The molecule has 1 saturated heterocycles. The Hall–Kier alpha value is -1.39. The summed E-state index contributed by atoms with van der Waals surface area (Å²) in [6.45, 7) is 2.03. The number of hydrogen-bond donors (Lipinski definition) is 1. The molecule has 24 heavy (non-hydrogen) atoms. The van der Waals surface area contributed by atoms with Gasteiger partial charge in [-0.25, -0.2) is 0 Å². The second kappa shape index (κ2) is 7.66. The van der Waals surface area contributed by atoms with E-state index in [9.17, 15) is 9.90 Å². The fourth-order valence-electron chi connectivity index (χ4n) is 4.09. The molecule has 132 valence electrons. The van der Waals surface area contributed by atoms with Crippen molar-refractivity contribution in [1.29, 1.82) is 0 Å². The van der Waals surface area contributed by atoms with Gasteiger partial charge in [0.1, 0.15) is 0 Å². The van der Waals surface area contributed by atoms with E-state index in [0.717, 1.165) is 31.5 Å². The second-order valence-corrected chi connectivity index (χ2v) is 7.47. The van der Waals surface area contributed by atoms with Crippen molar-refractivity contribution in [3.63, 3.8) is 0 Å². The van der Waals surface area contributed by atoms with Crippen molar-refractivity contribution in [2.45, 2.75) is 56.6 Å². The van der Waals surface area contributed by atoms with Gasteiger partial charge in [0.15, 0.2) is 0 Å². The maximum Gasteiger partial charge on any atom is 0.236 e. The van der Waals surface area contributed by atoms with E-state index >= 15 is 0 Å². The van der Waals surface area contributed by atoms with Gasteiger partial charge in [-0.05, 0) is 31.2 Å². The molecule has 1 aliphatic carbocycles. The average Bonchev–Trinajstić information content (AvgIpc) is 2.64. The summed E-state index contributed by atoms with van der Waals surface area (Å²) in [7, 11) is 1.96. The highest BCUT2D eigenvalue weighted by molar-refractivity contribution is 5.78. The topological polar surface area (TPSA) is 43.8 Å². The highest BCUT2D eigenvalue weighted by atomic mass is 16.3. The Morgan fingerprint density at radius 2 is 1.79 bits per heavy atom. The van der Waals surface area contributed by atoms with E-state index in [0.29, 0.717) is 25.4 Å². The number of piperidine rings is 1. The molecule has 1 heterocycles. The highest BCUT2D eigenvalue weighted by Gasteiger charge is 2.34. The van der Waals surface area contributed by atoms with Crippen molar-refractivity contribution >= 4 is 5.91 Å². The summed E-state index contributed by atoms with van der Waals surface area (Å²) in [6.07, 6.45) is 7.48. The van der Waals surface area contributed by atoms with Gasteiger partial charge < -0.3 is 10.0 Å². The number of aliphatic hydroxyl groups is 1. The van der Waals surface area contributed by atoms with Crippen LogP contribution in [-0.2, 0) is 10.4 Å². The van der Waals surface area contributed by atoms with Crippen LogP contribution in [0.5, 0.6) is 0 Å². The predicted octanol–water partition coefficient (Wildman–Crippen LogP) is 2.76. The Morgan fingerprint density at radius 3 is 2.42 bits per heavy atom. The summed E-state index contributed by atoms with van der Waals surface area (Å²) in [5.41, 5.74) is 0.256. The van der Waals surface area contributed by atoms with Crippen LogP contribution >= 0.6 is 0 Å². The minimum absolute atomic E-state index is 0.229. The largest absolute Gasteiger partial charge is 0.385 e. The minimum Gasteiger partial charge on any atom is -0.385 e. The standard InChI is InChI=1S/C20H30N2O2/c1-21(18-10-6-3-7-11-18)19(23)16-22-14-12-20(24,13-15-22)17-8-4-2-5-9-17/h2,4-5,8-9,18,24H,3,6-7,10-16H2,1H3. The van der Waals surface area contributed by atoms with E-state index in [1.54, 1.807) is 0 Å². The van der Waals surface area contributed by atoms with Crippen molar-refractivity contribution in [1.82, 2.24) is 9.80 Å². The number of carbonyl (C=O) groups is 1. The first-order chi connectivity index (χ1) is 11.6. The van der Waals surface area contributed by atoms with E-state index < -0.39 is 5.60 Å². The lowest BCUT2D eigenvalue weighted by Gasteiger charge is -2.39. The van der Waals surface area contributed by atoms with Gasteiger partial charge in [-0.15, -0.1) is 0 Å². The number of amides is 1. The Labute approximate surface area is 145 Å². The monoisotopic (exact) mass is 330 g/mol. The SMILES string of the molecule is CN(C(=O)CN1CCC(O)(c2ccccc2)CC1)C1CCCCC1. The van der Waals surface area contributed by atoms with Crippen LogP contribution < -0.4 is 0 Å². The van der Waals surface area contributed by atoms with Gasteiger partial charge in [0, 0.05) is 26.2 Å². The van der Waals surface area contributed by atoms with Gasteiger partial charge in [0.25, 0.3) is 0 Å². The van der Waals surface area contributed by atoms with Crippen molar-refractivity contribution < 1.29 is 9.90 Å². The van der Waals surface area contributed by atoms with Gasteiger partial charge in [-0.3, -0.25) is 9.69 Å². The number of carbonyl (C=O) groups excluding carboxylic acids is 1. The number of hydrogen-bond acceptors (Lipinski definition) is 3. The van der Waals surface area contributed by atoms with E-state index in [2.05, 4.69) is 4.90 Å². The number of likely N-dealkylation sites (tertiary alicyclic amines) is 1. The normalized spacial score (nSPS) is 22.2. The van der Waals surface area contributed by atoms with Gasteiger partial charge in [-0.1, -0.05) is 49.6 Å². The Morgan fingerprint density at radius 1 is 1.17 bits per heavy atom. The third-order valence-corrected chi connectivity index (χ3v) is 5.87. The summed E-state index contributed by atoms with van der Waals surface area (Å²) in [6, 6.07) is 10.3. The molecule has 2 aliphatic rings. The van der Waals surface area contributed by atoms with Crippen molar-refractivity contribution in [2.75, 3.05) is 26.7 Å². The molecule has 1 saturated carbocycles. The summed E-state index contributed by atoms with van der Waals surface area (Å²) in [4.78, 5) is 16.7. The molecule has 0 aromatic heterocycles. The van der Waals surface area contributed by atoms with Crippen LogP contribution in [-0.4, -0.2) is 53.5 Å². The lowest BCUT2D eigenvalue weighted by atomic mass is 9.84. The van der Waals surface area contributed by atoms with Gasteiger partial charge in [0.05, 0.1) is 12.1 Å². The fraction of sp³-hybridized carbons (Fsp3) is 0.650. The van der Waals surface area contributed by atoms with Crippen molar-refractivity contribution in [3.8, 4) is 0 Å². The van der Waals surface area contributed by atoms with Crippen molar-refractivity contribution in [2.24, 2.45) is 0 Å². The number of benzene rings is 1. The Balaban J connectivity index is 1.50. The second-order valence-electron chi connectivity index (χ2n) is 7.47.